The van der Waals surface area contributed by atoms with Crippen LogP contribution in [0.25, 0.3) is 0 Å². The quantitative estimate of drug-likeness (QED) is 0.804. The Bertz CT molecular complexity index is 422. The Labute approximate surface area is 121 Å². The van der Waals surface area contributed by atoms with Crippen LogP contribution in [-0.2, 0) is 6.54 Å². The van der Waals surface area contributed by atoms with Gasteiger partial charge in [0.1, 0.15) is 0 Å². The summed E-state index contributed by atoms with van der Waals surface area (Å²) in [7, 11) is 1.65. The summed E-state index contributed by atoms with van der Waals surface area (Å²) in [6.45, 7) is 3.67. The Kier molecular flexibility index (Phi) is 5.68. The van der Waals surface area contributed by atoms with Crippen LogP contribution in [0.2, 0.25) is 0 Å². The lowest BCUT2D eigenvalue weighted by molar-refractivity contribution is 0.205. The number of aliphatic hydroxyl groups excluding tert-OH is 1. The van der Waals surface area contributed by atoms with Crippen LogP contribution in [0.4, 0.5) is 0 Å². The number of nitrogens with one attached hydrogen (secondary N) is 1. The molecule has 4 heteroatoms. The maximum Gasteiger partial charge on any atom is 0.161 e. The van der Waals surface area contributed by atoms with E-state index in [2.05, 4.69) is 11.4 Å². The number of hydrogen-bond acceptors (Lipinski definition) is 4. The molecule has 0 amide bonds. The second-order valence-corrected chi connectivity index (χ2v) is 5.28. The Morgan fingerprint density at radius 3 is 2.85 bits per heavy atom. The van der Waals surface area contributed by atoms with Gasteiger partial charge in [0, 0.05) is 19.2 Å². The van der Waals surface area contributed by atoms with E-state index in [0.717, 1.165) is 30.9 Å². The first-order chi connectivity index (χ1) is 9.78. The van der Waals surface area contributed by atoms with Gasteiger partial charge in [0.15, 0.2) is 11.5 Å². The highest BCUT2D eigenvalue weighted by atomic mass is 16.5. The zero-order chi connectivity index (χ0) is 14.4. The molecule has 0 bridgehead atoms. The van der Waals surface area contributed by atoms with Crippen molar-refractivity contribution in [2.75, 3.05) is 20.3 Å². The summed E-state index contributed by atoms with van der Waals surface area (Å²) in [6.07, 6.45) is 3.48. The largest absolute Gasteiger partial charge is 0.493 e. The van der Waals surface area contributed by atoms with Crippen LogP contribution in [0.5, 0.6) is 11.5 Å². The Balaban J connectivity index is 1.97. The van der Waals surface area contributed by atoms with Crippen molar-refractivity contribution in [2.45, 2.75) is 38.8 Å². The average molecular weight is 279 g/mol. The van der Waals surface area contributed by atoms with Crippen molar-refractivity contribution in [3.05, 3.63) is 23.8 Å². The molecule has 1 aliphatic rings. The predicted octanol–water partition coefficient (Wildman–Crippen LogP) is 2.34. The number of benzene rings is 1. The fourth-order valence-electron chi connectivity index (χ4n) is 2.87. The maximum atomic E-state index is 9.34. The monoisotopic (exact) mass is 279 g/mol. The molecule has 0 aliphatic heterocycles. The minimum absolute atomic E-state index is 0.282. The molecule has 1 fully saturated rings. The van der Waals surface area contributed by atoms with E-state index in [1.807, 2.05) is 19.1 Å². The number of ether oxygens (including phenoxy) is 2. The van der Waals surface area contributed by atoms with Gasteiger partial charge in [-0.2, -0.15) is 0 Å². The van der Waals surface area contributed by atoms with Crippen LogP contribution < -0.4 is 14.8 Å². The summed E-state index contributed by atoms with van der Waals surface area (Å²) in [5.41, 5.74) is 1.18. The molecular formula is C16H25NO3. The van der Waals surface area contributed by atoms with Crippen molar-refractivity contribution in [3.63, 3.8) is 0 Å². The summed E-state index contributed by atoms with van der Waals surface area (Å²) in [6, 6.07) is 6.45. The molecule has 1 saturated carbocycles. The zero-order valence-electron chi connectivity index (χ0n) is 12.4. The molecule has 2 unspecified atom stereocenters. The van der Waals surface area contributed by atoms with E-state index in [4.69, 9.17) is 9.47 Å². The molecule has 2 rings (SSSR count). The SMILES string of the molecule is CCOc1cc(CNC2CCCC2CO)ccc1OC. The van der Waals surface area contributed by atoms with Gasteiger partial charge in [-0.15, -0.1) is 0 Å². The van der Waals surface area contributed by atoms with Crippen LogP contribution in [-0.4, -0.2) is 31.5 Å². The van der Waals surface area contributed by atoms with Crippen molar-refractivity contribution in [2.24, 2.45) is 5.92 Å². The molecule has 0 spiro atoms. The molecular weight excluding hydrogens is 254 g/mol. The third-order valence-corrected chi connectivity index (χ3v) is 3.99. The standard InChI is InChI=1S/C16H25NO3/c1-3-20-16-9-12(7-8-15(16)19-2)10-17-14-6-4-5-13(14)11-18/h7-9,13-14,17-18H,3-6,10-11H2,1-2H3. The van der Waals surface area contributed by atoms with Crippen LogP contribution in [0.15, 0.2) is 18.2 Å². The minimum Gasteiger partial charge on any atom is -0.493 e. The molecule has 2 atom stereocenters. The van der Waals surface area contributed by atoms with Gasteiger partial charge in [0.05, 0.1) is 13.7 Å². The summed E-state index contributed by atoms with van der Waals surface area (Å²) >= 11 is 0. The van der Waals surface area contributed by atoms with E-state index in [-0.39, 0.29) is 6.61 Å². The number of hydrogen-bond donors (Lipinski definition) is 2. The second-order valence-electron chi connectivity index (χ2n) is 5.28. The summed E-state index contributed by atoms with van der Waals surface area (Å²) in [5, 5.41) is 12.9. The molecule has 20 heavy (non-hydrogen) atoms. The van der Waals surface area contributed by atoms with Gasteiger partial charge in [0.2, 0.25) is 0 Å². The lowest BCUT2D eigenvalue weighted by Gasteiger charge is -2.19. The molecule has 4 nitrogen and oxygen atoms in total. The van der Waals surface area contributed by atoms with Crippen molar-refractivity contribution in [1.29, 1.82) is 0 Å². The lowest BCUT2D eigenvalue weighted by atomic mass is 10.0. The van der Waals surface area contributed by atoms with Crippen LogP contribution in [0.3, 0.4) is 0 Å². The van der Waals surface area contributed by atoms with Crippen molar-refractivity contribution in [3.8, 4) is 11.5 Å². The molecule has 112 valence electrons. The van der Waals surface area contributed by atoms with Crippen molar-refractivity contribution >= 4 is 0 Å². The van der Waals surface area contributed by atoms with E-state index >= 15 is 0 Å². The highest BCUT2D eigenvalue weighted by Gasteiger charge is 2.25. The number of rotatable bonds is 7. The van der Waals surface area contributed by atoms with Gasteiger partial charge >= 0.3 is 0 Å². The molecule has 2 N–H and O–H groups in total. The first kappa shape index (κ1) is 15.1. The second kappa shape index (κ2) is 7.50. The Morgan fingerprint density at radius 2 is 2.15 bits per heavy atom. The molecule has 0 radical (unpaired) electrons. The number of methoxy groups -OCH3 is 1. The topological polar surface area (TPSA) is 50.7 Å². The van der Waals surface area contributed by atoms with Crippen molar-refractivity contribution in [1.82, 2.24) is 5.32 Å². The minimum atomic E-state index is 0.282. The van der Waals surface area contributed by atoms with Crippen LogP contribution in [0, 0.1) is 5.92 Å². The van der Waals surface area contributed by atoms with Gasteiger partial charge in [0.25, 0.3) is 0 Å². The van der Waals surface area contributed by atoms with Gasteiger partial charge in [-0.3, -0.25) is 0 Å². The molecule has 1 aromatic carbocycles. The number of aliphatic hydroxyl groups is 1. The third kappa shape index (κ3) is 3.64. The highest BCUT2D eigenvalue weighted by molar-refractivity contribution is 5.42. The van der Waals surface area contributed by atoms with E-state index in [1.165, 1.54) is 12.0 Å². The average Bonchev–Trinajstić information content (AvgIpc) is 2.93. The Morgan fingerprint density at radius 1 is 1.30 bits per heavy atom. The first-order valence-corrected chi connectivity index (χ1v) is 7.42. The van der Waals surface area contributed by atoms with Crippen molar-refractivity contribution < 1.29 is 14.6 Å². The fourth-order valence-corrected chi connectivity index (χ4v) is 2.87. The molecule has 1 aromatic rings. The highest BCUT2D eigenvalue weighted by Crippen LogP contribution is 2.29. The smallest absolute Gasteiger partial charge is 0.161 e. The van der Waals surface area contributed by atoms with Gasteiger partial charge in [-0.05, 0) is 43.4 Å². The summed E-state index contributed by atoms with van der Waals surface area (Å²) < 4.78 is 10.9. The van der Waals surface area contributed by atoms with E-state index in [9.17, 15) is 5.11 Å². The van der Waals surface area contributed by atoms with Crippen LogP contribution in [0.1, 0.15) is 31.7 Å². The van der Waals surface area contributed by atoms with Gasteiger partial charge in [-0.25, -0.2) is 0 Å². The Hall–Kier alpha value is -1.26. The lowest BCUT2D eigenvalue weighted by Crippen LogP contribution is -2.33. The van der Waals surface area contributed by atoms with E-state index in [0.29, 0.717) is 18.6 Å². The third-order valence-electron chi connectivity index (χ3n) is 3.99. The fraction of sp³-hybridized carbons (Fsp3) is 0.625. The molecule has 0 saturated heterocycles. The summed E-state index contributed by atoms with van der Waals surface area (Å²) in [4.78, 5) is 0. The van der Waals surface area contributed by atoms with E-state index in [1.54, 1.807) is 7.11 Å². The normalized spacial score (nSPS) is 21.9. The predicted molar refractivity (Wildman–Crippen MR) is 79.2 cm³/mol. The van der Waals surface area contributed by atoms with E-state index < -0.39 is 0 Å². The molecule has 0 heterocycles. The summed E-state index contributed by atoms with van der Waals surface area (Å²) in [5.74, 6) is 1.96. The molecule has 0 aromatic heterocycles. The molecule has 1 aliphatic carbocycles. The maximum absolute atomic E-state index is 9.34. The van der Waals surface area contributed by atoms with Crippen LogP contribution >= 0.6 is 0 Å². The van der Waals surface area contributed by atoms with Gasteiger partial charge in [-0.1, -0.05) is 12.5 Å². The van der Waals surface area contributed by atoms with Gasteiger partial charge < -0.3 is 19.9 Å². The first-order valence-electron chi connectivity index (χ1n) is 7.42. The zero-order valence-corrected chi connectivity index (χ0v) is 12.4.